The molecule has 0 atom stereocenters. The predicted molar refractivity (Wildman–Crippen MR) is 60.7 cm³/mol. The van der Waals surface area contributed by atoms with Gasteiger partial charge in [0.2, 0.25) is 0 Å². The summed E-state index contributed by atoms with van der Waals surface area (Å²) >= 11 is 1.63. The Balaban J connectivity index is 2.39. The van der Waals surface area contributed by atoms with Crippen molar-refractivity contribution in [3.63, 3.8) is 0 Å². The number of hydrogen-bond donors (Lipinski definition) is 2. The summed E-state index contributed by atoms with van der Waals surface area (Å²) in [4.78, 5) is 0. The van der Waals surface area contributed by atoms with Crippen LogP contribution in [-0.4, -0.2) is 16.8 Å². The van der Waals surface area contributed by atoms with Gasteiger partial charge in [-0.15, -0.1) is 11.8 Å². The molecule has 1 rings (SSSR count). The fourth-order valence-electron chi connectivity index (χ4n) is 1.10. The zero-order chi connectivity index (χ0) is 10.4. The summed E-state index contributed by atoms with van der Waals surface area (Å²) in [6.45, 7) is 2.07. The summed E-state index contributed by atoms with van der Waals surface area (Å²) in [6, 6.07) is 8.32. The number of benzene rings is 1. The first-order valence-corrected chi connectivity index (χ1v) is 5.47. The Morgan fingerprint density at radius 3 is 3.00 bits per heavy atom. The highest BCUT2D eigenvalue weighted by molar-refractivity contribution is 7.99. The van der Waals surface area contributed by atoms with Crippen molar-refractivity contribution in [2.45, 2.75) is 12.7 Å². The molecule has 0 aliphatic carbocycles. The van der Waals surface area contributed by atoms with Crippen LogP contribution in [0.25, 0.3) is 0 Å². The first kappa shape index (κ1) is 10.9. The molecule has 14 heavy (non-hydrogen) atoms. The molecule has 0 unspecified atom stereocenters. The molecule has 0 fully saturated rings. The van der Waals surface area contributed by atoms with Crippen molar-refractivity contribution in [1.82, 2.24) is 0 Å². The van der Waals surface area contributed by atoms with Gasteiger partial charge in [-0.3, -0.25) is 0 Å². The molecule has 3 N–H and O–H groups in total. The SMILES string of the molecule is Cc1cccc(CSCC(N)=NO)c1. The van der Waals surface area contributed by atoms with Gasteiger partial charge in [-0.05, 0) is 12.5 Å². The van der Waals surface area contributed by atoms with E-state index in [1.165, 1.54) is 11.1 Å². The number of nitrogens with two attached hydrogens (primary N) is 1. The number of rotatable bonds is 4. The minimum atomic E-state index is 0.266. The van der Waals surface area contributed by atoms with Gasteiger partial charge in [0.15, 0.2) is 0 Å². The van der Waals surface area contributed by atoms with Crippen LogP contribution in [0.1, 0.15) is 11.1 Å². The van der Waals surface area contributed by atoms with Gasteiger partial charge < -0.3 is 10.9 Å². The van der Waals surface area contributed by atoms with Crippen molar-refractivity contribution in [3.05, 3.63) is 35.4 Å². The molecule has 0 aromatic heterocycles. The number of hydrogen-bond acceptors (Lipinski definition) is 3. The molecule has 1 aromatic rings. The number of amidine groups is 1. The number of nitrogens with zero attached hydrogens (tertiary/aromatic N) is 1. The summed E-state index contributed by atoms with van der Waals surface area (Å²) in [5.41, 5.74) is 7.87. The molecule has 0 bridgehead atoms. The summed E-state index contributed by atoms with van der Waals surface area (Å²) < 4.78 is 0. The Morgan fingerprint density at radius 1 is 1.57 bits per heavy atom. The molecular weight excluding hydrogens is 196 g/mol. The lowest BCUT2D eigenvalue weighted by molar-refractivity contribution is 0.318. The van der Waals surface area contributed by atoms with Crippen LogP contribution >= 0.6 is 11.8 Å². The third-order valence-electron chi connectivity index (χ3n) is 1.73. The van der Waals surface area contributed by atoms with Crippen LogP contribution in [0.15, 0.2) is 29.4 Å². The molecule has 0 spiro atoms. The normalized spacial score (nSPS) is 11.6. The van der Waals surface area contributed by atoms with Gasteiger partial charge in [0.1, 0.15) is 5.84 Å². The smallest absolute Gasteiger partial charge is 0.149 e. The van der Waals surface area contributed by atoms with E-state index in [0.717, 1.165) is 5.75 Å². The molecule has 0 saturated heterocycles. The Morgan fingerprint density at radius 2 is 2.36 bits per heavy atom. The Kier molecular flexibility index (Phi) is 4.32. The lowest BCUT2D eigenvalue weighted by atomic mass is 10.2. The second-order valence-electron chi connectivity index (χ2n) is 3.07. The molecule has 3 nitrogen and oxygen atoms in total. The zero-order valence-electron chi connectivity index (χ0n) is 8.10. The van der Waals surface area contributed by atoms with Crippen LogP contribution in [0.3, 0.4) is 0 Å². The van der Waals surface area contributed by atoms with Gasteiger partial charge in [-0.1, -0.05) is 35.0 Å². The molecule has 0 aliphatic heterocycles. The van der Waals surface area contributed by atoms with E-state index in [1.54, 1.807) is 11.8 Å². The highest BCUT2D eigenvalue weighted by Gasteiger charge is 1.96. The van der Waals surface area contributed by atoms with Crippen molar-refractivity contribution in [1.29, 1.82) is 0 Å². The van der Waals surface area contributed by atoms with Crippen LogP contribution < -0.4 is 5.73 Å². The van der Waals surface area contributed by atoms with Crippen LogP contribution in [-0.2, 0) is 5.75 Å². The van der Waals surface area contributed by atoms with Gasteiger partial charge >= 0.3 is 0 Å². The molecular formula is C10H14N2OS. The van der Waals surface area contributed by atoms with E-state index in [9.17, 15) is 0 Å². The highest BCUT2D eigenvalue weighted by atomic mass is 32.2. The standard InChI is InChI=1S/C10H14N2OS/c1-8-3-2-4-9(5-8)6-14-7-10(11)12-13/h2-5,13H,6-7H2,1H3,(H2,11,12). The summed E-state index contributed by atoms with van der Waals surface area (Å²) in [5.74, 6) is 1.71. The Labute approximate surface area is 88.0 Å². The highest BCUT2D eigenvalue weighted by Crippen LogP contribution is 2.12. The average molecular weight is 210 g/mol. The number of thioether (sulfide) groups is 1. The molecule has 76 valence electrons. The summed E-state index contributed by atoms with van der Waals surface area (Å²) in [5, 5.41) is 11.2. The van der Waals surface area contributed by atoms with E-state index in [0.29, 0.717) is 5.75 Å². The number of aryl methyl sites for hydroxylation is 1. The predicted octanol–water partition coefficient (Wildman–Crippen LogP) is 1.97. The maximum absolute atomic E-state index is 8.33. The molecule has 4 heteroatoms. The first-order valence-electron chi connectivity index (χ1n) is 4.32. The van der Waals surface area contributed by atoms with Crippen molar-refractivity contribution >= 4 is 17.6 Å². The second kappa shape index (κ2) is 5.54. The van der Waals surface area contributed by atoms with Gasteiger partial charge in [0.05, 0.1) is 5.75 Å². The minimum Gasteiger partial charge on any atom is -0.409 e. The van der Waals surface area contributed by atoms with E-state index in [2.05, 4.69) is 30.3 Å². The third kappa shape index (κ3) is 3.70. The fourth-order valence-corrected chi connectivity index (χ4v) is 1.89. The van der Waals surface area contributed by atoms with E-state index >= 15 is 0 Å². The van der Waals surface area contributed by atoms with Crippen LogP contribution in [0.2, 0.25) is 0 Å². The minimum absolute atomic E-state index is 0.266. The molecule has 0 saturated carbocycles. The Bertz CT molecular complexity index is 326. The summed E-state index contributed by atoms with van der Waals surface area (Å²) in [6.07, 6.45) is 0. The van der Waals surface area contributed by atoms with E-state index in [-0.39, 0.29) is 5.84 Å². The van der Waals surface area contributed by atoms with Crippen LogP contribution in [0.4, 0.5) is 0 Å². The lowest BCUT2D eigenvalue weighted by Gasteiger charge is -2.01. The van der Waals surface area contributed by atoms with Gasteiger partial charge in [0, 0.05) is 5.75 Å². The van der Waals surface area contributed by atoms with Gasteiger partial charge in [-0.25, -0.2) is 0 Å². The maximum atomic E-state index is 8.33. The van der Waals surface area contributed by atoms with E-state index in [4.69, 9.17) is 10.9 Å². The lowest BCUT2D eigenvalue weighted by Crippen LogP contribution is -2.14. The van der Waals surface area contributed by atoms with Crippen molar-refractivity contribution < 1.29 is 5.21 Å². The molecule has 0 heterocycles. The molecule has 0 radical (unpaired) electrons. The second-order valence-corrected chi connectivity index (χ2v) is 4.06. The largest absolute Gasteiger partial charge is 0.409 e. The monoisotopic (exact) mass is 210 g/mol. The van der Waals surface area contributed by atoms with Crippen LogP contribution in [0.5, 0.6) is 0 Å². The van der Waals surface area contributed by atoms with Gasteiger partial charge in [0.25, 0.3) is 0 Å². The molecule has 0 aliphatic rings. The van der Waals surface area contributed by atoms with Crippen molar-refractivity contribution in [2.24, 2.45) is 10.9 Å². The fraction of sp³-hybridized carbons (Fsp3) is 0.300. The van der Waals surface area contributed by atoms with Crippen molar-refractivity contribution in [3.8, 4) is 0 Å². The zero-order valence-corrected chi connectivity index (χ0v) is 8.92. The topological polar surface area (TPSA) is 58.6 Å². The van der Waals surface area contributed by atoms with Crippen molar-refractivity contribution in [2.75, 3.05) is 5.75 Å². The maximum Gasteiger partial charge on any atom is 0.149 e. The molecule has 1 aromatic carbocycles. The summed E-state index contributed by atoms with van der Waals surface area (Å²) in [7, 11) is 0. The third-order valence-corrected chi connectivity index (χ3v) is 2.77. The first-order chi connectivity index (χ1) is 6.72. The van der Waals surface area contributed by atoms with Gasteiger partial charge in [-0.2, -0.15) is 0 Å². The quantitative estimate of drug-likeness (QED) is 0.346. The average Bonchev–Trinajstić information content (AvgIpc) is 2.17. The number of oxime groups is 1. The van der Waals surface area contributed by atoms with E-state index < -0.39 is 0 Å². The van der Waals surface area contributed by atoms with E-state index in [1.807, 2.05) is 6.07 Å². The molecule has 0 amide bonds. The Hall–Kier alpha value is -1.16. The van der Waals surface area contributed by atoms with Crippen LogP contribution in [0, 0.1) is 6.92 Å².